The summed E-state index contributed by atoms with van der Waals surface area (Å²) in [6.45, 7) is 4.97. The quantitative estimate of drug-likeness (QED) is 0.149. The SMILES string of the molecule is CCC(F)(F)CCN1CCC(c2cc(OC)c(-c3cccc4c(C[C@H](NC(=O)c5c(C)cccc5F)C(=O)O)cccc34)c(OC)c2)CC1. The number of carbonyl (C=O) groups is 2. The van der Waals surface area contributed by atoms with Crippen LogP contribution in [0.3, 0.4) is 0 Å². The lowest BCUT2D eigenvalue weighted by atomic mass is 9.86. The van der Waals surface area contributed by atoms with Crippen LogP contribution in [0, 0.1) is 12.7 Å². The number of likely N-dealkylation sites (tertiary alicyclic amines) is 1. The number of halogens is 3. The standard InChI is InChI=1S/C39H43F3N2O5/c1-5-39(41,42)17-20-44-18-15-25(16-19-44)27-22-33(48-3)36(34(23-27)49-4)30-13-8-11-28-26(10-7-12-29(28)30)21-32(38(46)47)43-37(45)35-24(2)9-6-14-31(35)40/h6-14,22-23,25,32H,5,15-21H2,1-4H3,(H,43,45)(H,46,47)/t32-/m0/s1. The Bertz CT molecular complexity index is 1770. The number of aryl methyl sites for hydroxylation is 1. The van der Waals surface area contributed by atoms with Crippen molar-refractivity contribution < 1.29 is 37.3 Å². The van der Waals surface area contributed by atoms with Crippen LogP contribution in [-0.2, 0) is 11.2 Å². The fourth-order valence-electron chi connectivity index (χ4n) is 6.76. The van der Waals surface area contributed by atoms with E-state index < -0.39 is 29.7 Å². The predicted molar refractivity (Wildman–Crippen MR) is 184 cm³/mol. The Morgan fingerprint density at radius 2 is 1.61 bits per heavy atom. The summed E-state index contributed by atoms with van der Waals surface area (Å²) in [5, 5.41) is 14.2. The molecule has 4 aromatic rings. The van der Waals surface area contributed by atoms with Gasteiger partial charge in [0.25, 0.3) is 5.91 Å². The van der Waals surface area contributed by atoms with Gasteiger partial charge in [0.1, 0.15) is 23.4 Å². The summed E-state index contributed by atoms with van der Waals surface area (Å²) >= 11 is 0. The molecule has 7 nitrogen and oxygen atoms in total. The number of ether oxygens (including phenoxy) is 2. The van der Waals surface area contributed by atoms with Gasteiger partial charge in [0.15, 0.2) is 0 Å². The number of nitrogens with zero attached hydrogens (tertiary/aromatic N) is 1. The molecule has 1 amide bonds. The second kappa shape index (κ2) is 15.3. The second-order valence-electron chi connectivity index (χ2n) is 12.7. The average Bonchev–Trinajstić information content (AvgIpc) is 3.10. The van der Waals surface area contributed by atoms with Crippen molar-refractivity contribution in [2.75, 3.05) is 33.9 Å². The molecule has 49 heavy (non-hydrogen) atoms. The fraction of sp³-hybridized carbons (Fsp3) is 0.385. The van der Waals surface area contributed by atoms with E-state index in [0.29, 0.717) is 29.2 Å². The number of carbonyl (C=O) groups excluding carboxylic acids is 1. The van der Waals surface area contributed by atoms with Crippen LogP contribution in [0.15, 0.2) is 66.7 Å². The van der Waals surface area contributed by atoms with Crippen molar-refractivity contribution in [1.82, 2.24) is 10.2 Å². The number of fused-ring (bicyclic) bond motifs is 1. The van der Waals surface area contributed by atoms with Gasteiger partial charge >= 0.3 is 5.97 Å². The summed E-state index contributed by atoms with van der Waals surface area (Å²) in [6.07, 6.45) is 1.36. The Balaban J connectivity index is 1.42. The lowest BCUT2D eigenvalue weighted by molar-refractivity contribution is -0.139. The van der Waals surface area contributed by atoms with Crippen LogP contribution in [0.4, 0.5) is 13.2 Å². The van der Waals surface area contributed by atoms with Gasteiger partial charge in [0, 0.05) is 25.8 Å². The minimum Gasteiger partial charge on any atom is -0.496 e. The monoisotopic (exact) mass is 676 g/mol. The van der Waals surface area contributed by atoms with Gasteiger partial charge < -0.3 is 24.8 Å². The summed E-state index contributed by atoms with van der Waals surface area (Å²) in [4.78, 5) is 27.4. The Labute approximate surface area is 285 Å². The zero-order chi connectivity index (χ0) is 35.3. The number of alkyl halides is 2. The molecule has 0 saturated carbocycles. The van der Waals surface area contributed by atoms with Crippen LogP contribution in [0.1, 0.15) is 65.6 Å². The molecular weight excluding hydrogens is 633 g/mol. The summed E-state index contributed by atoms with van der Waals surface area (Å²) in [6, 6.07) is 18.3. The number of piperidine rings is 1. The van der Waals surface area contributed by atoms with Gasteiger partial charge in [-0.05, 0) is 90.0 Å². The van der Waals surface area contributed by atoms with Crippen LogP contribution >= 0.6 is 0 Å². The van der Waals surface area contributed by atoms with E-state index in [-0.39, 0.29) is 30.7 Å². The first kappa shape index (κ1) is 35.7. The number of hydrogen-bond donors (Lipinski definition) is 2. The number of nitrogens with one attached hydrogen (secondary N) is 1. The Morgan fingerprint density at radius 1 is 0.980 bits per heavy atom. The highest BCUT2D eigenvalue weighted by Gasteiger charge is 2.30. The average molecular weight is 677 g/mol. The highest BCUT2D eigenvalue weighted by molar-refractivity contribution is 6.02. The summed E-state index contributed by atoms with van der Waals surface area (Å²) in [5.74, 6) is -3.92. The first-order valence-electron chi connectivity index (χ1n) is 16.6. The molecular formula is C39H43F3N2O5. The first-order valence-corrected chi connectivity index (χ1v) is 16.6. The Hall–Kier alpha value is -4.57. The zero-order valence-corrected chi connectivity index (χ0v) is 28.3. The van der Waals surface area contributed by atoms with E-state index >= 15 is 0 Å². The number of carboxylic acids is 1. The zero-order valence-electron chi connectivity index (χ0n) is 28.3. The molecule has 0 unspecified atom stereocenters. The van der Waals surface area contributed by atoms with E-state index in [4.69, 9.17) is 9.47 Å². The van der Waals surface area contributed by atoms with Gasteiger partial charge in [-0.15, -0.1) is 0 Å². The third-order valence-electron chi connectivity index (χ3n) is 9.66. The number of amides is 1. The number of methoxy groups -OCH3 is 2. The third-order valence-corrected chi connectivity index (χ3v) is 9.66. The molecule has 0 bridgehead atoms. The van der Waals surface area contributed by atoms with E-state index in [1.165, 1.54) is 19.1 Å². The number of benzene rings is 4. The van der Waals surface area contributed by atoms with Crippen molar-refractivity contribution in [3.63, 3.8) is 0 Å². The largest absolute Gasteiger partial charge is 0.496 e. The Morgan fingerprint density at radius 3 is 2.22 bits per heavy atom. The van der Waals surface area contributed by atoms with E-state index in [1.807, 2.05) is 48.5 Å². The van der Waals surface area contributed by atoms with Gasteiger partial charge in [-0.25, -0.2) is 18.0 Å². The summed E-state index contributed by atoms with van der Waals surface area (Å²) in [5.41, 5.74) is 3.54. The molecule has 0 spiro atoms. The number of aliphatic carboxylic acids is 1. The lowest BCUT2D eigenvalue weighted by Gasteiger charge is -2.33. The maximum atomic E-state index is 14.5. The van der Waals surface area contributed by atoms with Crippen LogP contribution in [-0.4, -0.2) is 67.7 Å². The van der Waals surface area contributed by atoms with Gasteiger partial charge in [-0.2, -0.15) is 0 Å². The highest BCUT2D eigenvalue weighted by Crippen LogP contribution is 2.45. The molecule has 0 radical (unpaired) electrons. The molecule has 1 fully saturated rings. The van der Waals surface area contributed by atoms with Crippen LogP contribution in [0.2, 0.25) is 0 Å². The van der Waals surface area contributed by atoms with Crippen molar-refractivity contribution in [1.29, 1.82) is 0 Å². The van der Waals surface area contributed by atoms with E-state index in [2.05, 4.69) is 10.2 Å². The lowest BCUT2D eigenvalue weighted by Crippen LogP contribution is -2.42. The first-order chi connectivity index (χ1) is 23.5. The van der Waals surface area contributed by atoms with Crippen molar-refractivity contribution in [3.05, 3.63) is 94.8 Å². The molecule has 0 aromatic heterocycles. The summed E-state index contributed by atoms with van der Waals surface area (Å²) < 4.78 is 54.0. The Kier molecular flexibility index (Phi) is 11.2. The normalized spacial score (nSPS) is 14.8. The number of hydrogen-bond acceptors (Lipinski definition) is 5. The molecule has 2 N–H and O–H groups in total. The van der Waals surface area contributed by atoms with Gasteiger partial charge in [0.2, 0.25) is 5.92 Å². The van der Waals surface area contributed by atoms with Crippen molar-refractivity contribution in [2.24, 2.45) is 0 Å². The fourth-order valence-corrected chi connectivity index (χ4v) is 6.76. The molecule has 1 aliphatic rings. The highest BCUT2D eigenvalue weighted by atomic mass is 19.3. The van der Waals surface area contributed by atoms with Gasteiger partial charge in [0.05, 0.1) is 25.3 Å². The second-order valence-corrected chi connectivity index (χ2v) is 12.7. The van der Waals surface area contributed by atoms with E-state index in [9.17, 15) is 27.9 Å². The minimum atomic E-state index is -2.63. The summed E-state index contributed by atoms with van der Waals surface area (Å²) in [7, 11) is 3.21. The van der Waals surface area contributed by atoms with Crippen LogP contribution in [0.25, 0.3) is 21.9 Å². The molecule has 1 aliphatic heterocycles. The number of rotatable bonds is 13. The maximum Gasteiger partial charge on any atom is 0.326 e. The van der Waals surface area contributed by atoms with Crippen LogP contribution in [0.5, 0.6) is 11.5 Å². The predicted octanol–water partition coefficient (Wildman–Crippen LogP) is 8.01. The molecule has 1 saturated heterocycles. The van der Waals surface area contributed by atoms with Gasteiger partial charge in [-0.3, -0.25) is 4.79 Å². The smallest absolute Gasteiger partial charge is 0.326 e. The van der Waals surface area contributed by atoms with Crippen molar-refractivity contribution in [2.45, 2.75) is 63.8 Å². The molecule has 1 atom stereocenters. The molecule has 4 aromatic carbocycles. The van der Waals surface area contributed by atoms with E-state index in [0.717, 1.165) is 53.4 Å². The molecule has 260 valence electrons. The molecule has 5 rings (SSSR count). The van der Waals surface area contributed by atoms with Gasteiger partial charge in [-0.1, -0.05) is 55.5 Å². The minimum absolute atomic E-state index is 0.0304. The third kappa shape index (κ3) is 8.02. The molecule has 10 heteroatoms. The van der Waals surface area contributed by atoms with Crippen molar-refractivity contribution in [3.8, 4) is 22.6 Å². The van der Waals surface area contributed by atoms with Crippen molar-refractivity contribution >= 4 is 22.6 Å². The van der Waals surface area contributed by atoms with E-state index in [1.54, 1.807) is 27.2 Å². The molecule has 1 heterocycles. The van der Waals surface area contributed by atoms with Crippen LogP contribution < -0.4 is 14.8 Å². The number of carboxylic acid groups (broad SMARTS) is 1. The topological polar surface area (TPSA) is 88.1 Å². The molecule has 0 aliphatic carbocycles. The maximum absolute atomic E-state index is 14.5.